The normalized spacial score (nSPS) is 15.6. The van der Waals surface area contributed by atoms with E-state index in [9.17, 15) is 8.42 Å². The molecule has 1 unspecified atom stereocenters. The van der Waals surface area contributed by atoms with Crippen LogP contribution in [0.3, 0.4) is 0 Å². The molecule has 1 atom stereocenters. The lowest BCUT2D eigenvalue weighted by molar-refractivity contribution is 0.308. The highest BCUT2D eigenvalue weighted by molar-refractivity contribution is 7.84. The van der Waals surface area contributed by atoms with Gasteiger partial charge in [0.25, 0.3) is 0 Å². The fourth-order valence-electron chi connectivity index (χ4n) is 1.44. The average molecular weight is 359 g/mol. The summed E-state index contributed by atoms with van der Waals surface area (Å²) in [6, 6.07) is 8.92. The van der Waals surface area contributed by atoms with E-state index in [2.05, 4.69) is 15.5 Å². The van der Waals surface area contributed by atoms with Crippen LogP contribution in [0.15, 0.2) is 43.0 Å². The molecule has 1 N–H and O–H groups in total. The van der Waals surface area contributed by atoms with E-state index in [1.165, 1.54) is 6.08 Å². The van der Waals surface area contributed by atoms with Gasteiger partial charge in [-0.25, -0.2) is 0 Å². The molecule has 0 heterocycles. The number of benzene rings is 1. The van der Waals surface area contributed by atoms with Crippen molar-refractivity contribution in [1.29, 1.82) is 0 Å². The maximum atomic E-state index is 11.9. The Morgan fingerprint density at radius 3 is 2.30 bits per heavy atom. The largest absolute Gasteiger partial charge is 0.337 e. The summed E-state index contributed by atoms with van der Waals surface area (Å²) >= 11 is 16.4. The standard InChI is InChI=1S/C12H14Cl3NO3S/c1-3-11(2,10-7-5-4-6-8-10)16-20(17,18)19-9-12(13,14)15/h3-8,16H,1,9H2,2H3. The Morgan fingerprint density at radius 2 is 1.85 bits per heavy atom. The third kappa shape index (κ3) is 5.60. The molecule has 0 bridgehead atoms. The number of alkyl halides is 3. The van der Waals surface area contributed by atoms with Crippen molar-refractivity contribution in [2.75, 3.05) is 6.61 Å². The molecule has 0 aliphatic rings. The van der Waals surface area contributed by atoms with Crippen LogP contribution < -0.4 is 4.72 Å². The predicted octanol–water partition coefficient (Wildman–Crippen LogP) is 3.31. The molecule has 4 nitrogen and oxygen atoms in total. The molecule has 1 aromatic carbocycles. The van der Waals surface area contributed by atoms with E-state index in [4.69, 9.17) is 34.8 Å². The van der Waals surface area contributed by atoms with Crippen molar-refractivity contribution in [3.8, 4) is 0 Å². The van der Waals surface area contributed by atoms with E-state index < -0.39 is 26.2 Å². The van der Waals surface area contributed by atoms with Crippen molar-refractivity contribution >= 4 is 45.1 Å². The number of hydrogen-bond donors (Lipinski definition) is 1. The Morgan fingerprint density at radius 1 is 1.30 bits per heavy atom. The highest BCUT2D eigenvalue weighted by Gasteiger charge is 2.31. The summed E-state index contributed by atoms with van der Waals surface area (Å²) in [7, 11) is -4.11. The summed E-state index contributed by atoms with van der Waals surface area (Å²) in [4.78, 5) is 0. The molecule has 0 saturated carbocycles. The van der Waals surface area contributed by atoms with E-state index in [1.807, 2.05) is 6.07 Å². The lowest BCUT2D eigenvalue weighted by atomic mass is 9.94. The second kappa shape index (κ2) is 6.64. The zero-order valence-corrected chi connectivity index (χ0v) is 13.7. The SMILES string of the molecule is C=CC(C)(NS(=O)(=O)OCC(Cl)(Cl)Cl)c1ccccc1. The fraction of sp³-hybridized carbons (Fsp3) is 0.333. The van der Waals surface area contributed by atoms with E-state index >= 15 is 0 Å². The minimum Gasteiger partial charge on any atom is -0.254 e. The second-order valence-electron chi connectivity index (χ2n) is 4.21. The van der Waals surface area contributed by atoms with E-state index in [0.29, 0.717) is 5.56 Å². The van der Waals surface area contributed by atoms with Crippen LogP contribution in [0.4, 0.5) is 0 Å². The van der Waals surface area contributed by atoms with Crippen LogP contribution in [-0.2, 0) is 20.0 Å². The van der Waals surface area contributed by atoms with Gasteiger partial charge in [0, 0.05) is 0 Å². The van der Waals surface area contributed by atoms with Gasteiger partial charge < -0.3 is 0 Å². The molecule has 1 rings (SSSR count). The van der Waals surface area contributed by atoms with Gasteiger partial charge >= 0.3 is 10.3 Å². The molecular formula is C12H14Cl3NO3S. The van der Waals surface area contributed by atoms with Crippen LogP contribution in [0.1, 0.15) is 12.5 Å². The molecule has 1 aromatic rings. The number of halogens is 3. The van der Waals surface area contributed by atoms with Gasteiger partial charge in [0.15, 0.2) is 0 Å². The topological polar surface area (TPSA) is 55.4 Å². The van der Waals surface area contributed by atoms with E-state index in [1.54, 1.807) is 31.2 Å². The van der Waals surface area contributed by atoms with Crippen LogP contribution >= 0.6 is 34.8 Å². The third-order valence-electron chi connectivity index (χ3n) is 2.50. The van der Waals surface area contributed by atoms with Crippen molar-refractivity contribution in [2.24, 2.45) is 0 Å². The van der Waals surface area contributed by atoms with Crippen LogP contribution in [0.25, 0.3) is 0 Å². The minimum atomic E-state index is -4.11. The zero-order valence-electron chi connectivity index (χ0n) is 10.6. The van der Waals surface area contributed by atoms with E-state index in [0.717, 1.165) is 0 Å². The Kier molecular flexibility index (Phi) is 5.89. The lowest BCUT2D eigenvalue weighted by Gasteiger charge is -2.27. The summed E-state index contributed by atoms with van der Waals surface area (Å²) < 4.78 is 28.9. The van der Waals surface area contributed by atoms with Crippen LogP contribution in [0, 0.1) is 0 Å². The van der Waals surface area contributed by atoms with Gasteiger partial charge in [-0.3, -0.25) is 4.18 Å². The molecular weight excluding hydrogens is 345 g/mol. The van der Waals surface area contributed by atoms with Gasteiger partial charge in [-0.05, 0) is 12.5 Å². The Hall–Kier alpha value is -0.300. The van der Waals surface area contributed by atoms with Gasteiger partial charge in [0.1, 0.15) is 6.61 Å². The monoisotopic (exact) mass is 357 g/mol. The molecule has 0 radical (unpaired) electrons. The van der Waals surface area contributed by atoms with Crippen molar-refractivity contribution < 1.29 is 12.6 Å². The summed E-state index contributed by atoms with van der Waals surface area (Å²) in [6.07, 6.45) is 1.46. The number of hydrogen-bond acceptors (Lipinski definition) is 3. The molecule has 0 amide bonds. The molecule has 0 fully saturated rings. The number of nitrogens with one attached hydrogen (secondary N) is 1. The third-order valence-corrected chi connectivity index (χ3v) is 3.93. The van der Waals surface area contributed by atoms with Crippen molar-refractivity contribution in [3.05, 3.63) is 48.6 Å². The van der Waals surface area contributed by atoms with Gasteiger partial charge in [0.05, 0.1) is 5.54 Å². The Balaban J connectivity index is 2.90. The molecule has 8 heteroatoms. The molecule has 112 valence electrons. The minimum absolute atomic E-state index is 0.588. The highest BCUT2D eigenvalue weighted by Crippen LogP contribution is 2.27. The van der Waals surface area contributed by atoms with Crippen LogP contribution in [0.5, 0.6) is 0 Å². The maximum Gasteiger partial charge on any atom is 0.337 e. The quantitative estimate of drug-likeness (QED) is 0.627. The molecule has 0 aromatic heterocycles. The molecule has 0 spiro atoms. The van der Waals surface area contributed by atoms with Crippen LogP contribution in [-0.4, -0.2) is 18.8 Å². The first-order valence-corrected chi connectivity index (χ1v) is 8.06. The fourth-order valence-corrected chi connectivity index (χ4v) is 2.91. The first kappa shape index (κ1) is 17.8. The number of rotatable bonds is 6. The van der Waals surface area contributed by atoms with E-state index in [-0.39, 0.29) is 0 Å². The Bertz CT molecular complexity index is 557. The molecule has 0 saturated heterocycles. The first-order valence-electron chi connectivity index (χ1n) is 5.52. The van der Waals surface area contributed by atoms with Gasteiger partial charge in [-0.1, -0.05) is 71.2 Å². The molecule has 0 aliphatic carbocycles. The van der Waals surface area contributed by atoms with Crippen molar-refractivity contribution in [1.82, 2.24) is 4.72 Å². The zero-order chi connectivity index (χ0) is 15.4. The maximum absolute atomic E-state index is 11.9. The first-order chi connectivity index (χ1) is 9.08. The summed E-state index contributed by atoms with van der Waals surface area (Å²) in [5, 5.41) is 0. The molecule has 20 heavy (non-hydrogen) atoms. The Labute approximate surface area is 133 Å². The summed E-state index contributed by atoms with van der Waals surface area (Å²) in [5.74, 6) is 0. The highest BCUT2D eigenvalue weighted by atomic mass is 35.6. The van der Waals surface area contributed by atoms with Gasteiger partial charge in [0.2, 0.25) is 3.79 Å². The second-order valence-corrected chi connectivity index (χ2v) is 8.07. The molecule has 0 aliphatic heterocycles. The van der Waals surface area contributed by atoms with Crippen molar-refractivity contribution in [2.45, 2.75) is 16.3 Å². The van der Waals surface area contributed by atoms with Gasteiger partial charge in [-0.15, -0.1) is 6.58 Å². The van der Waals surface area contributed by atoms with Crippen LogP contribution in [0.2, 0.25) is 0 Å². The van der Waals surface area contributed by atoms with Gasteiger partial charge in [-0.2, -0.15) is 13.1 Å². The van der Waals surface area contributed by atoms with Crippen molar-refractivity contribution in [3.63, 3.8) is 0 Å². The smallest absolute Gasteiger partial charge is 0.254 e. The summed E-state index contributed by atoms with van der Waals surface area (Å²) in [5.41, 5.74) is -0.329. The predicted molar refractivity (Wildman–Crippen MR) is 82.3 cm³/mol. The average Bonchev–Trinajstić information content (AvgIpc) is 2.36. The summed E-state index contributed by atoms with van der Waals surface area (Å²) in [6.45, 7) is 4.70. The lowest BCUT2D eigenvalue weighted by Crippen LogP contribution is -2.43.